The summed E-state index contributed by atoms with van der Waals surface area (Å²) in [6.45, 7) is 5.29. The van der Waals surface area contributed by atoms with E-state index in [2.05, 4.69) is 33.6 Å². The standard InChI is InChI=1S/C15H19FN4/c1-3-11-7-5-6-8-12(11)9-18-14-13(16)10-19-15(20-14)17-4-2/h5-8,10H,3-4,9H2,1-2H3,(H2,17,18,19,20). The van der Waals surface area contributed by atoms with Gasteiger partial charge in [0, 0.05) is 13.1 Å². The Morgan fingerprint density at radius 1 is 1.10 bits per heavy atom. The summed E-state index contributed by atoms with van der Waals surface area (Å²) >= 11 is 0. The predicted octanol–water partition coefficient (Wildman–Crippen LogP) is 3.22. The molecule has 2 N–H and O–H groups in total. The Labute approximate surface area is 118 Å². The van der Waals surface area contributed by atoms with Gasteiger partial charge in [0.05, 0.1) is 6.20 Å². The number of rotatable bonds is 6. The van der Waals surface area contributed by atoms with Crippen molar-refractivity contribution in [3.05, 3.63) is 47.4 Å². The Kier molecular flexibility index (Phi) is 4.87. The monoisotopic (exact) mass is 274 g/mol. The van der Waals surface area contributed by atoms with Crippen LogP contribution in [-0.4, -0.2) is 16.5 Å². The summed E-state index contributed by atoms with van der Waals surface area (Å²) in [6, 6.07) is 8.11. The second-order valence-electron chi connectivity index (χ2n) is 4.40. The molecule has 0 spiro atoms. The quantitative estimate of drug-likeness (QED) is 0.849. The summed E-state index contributed by atoms with van der Waals surface area (Å²) in [6.07, 6.45) is 2.13. The topological polar surface area (TPSA) is 49.8 Å². The lowest BCUT2D eigenvalue weighted by molar-refractivity contribution is 0.617. The van der Waals surface area contributed by atoms with Crippen molar-refractivity contribution in [2.45, 2.75) is 26.8 Å². The van der Waals surface area contributed by atoms with Gasteiger partial charge in [0.25, 0.3) is 0 Å². The highest BCUT2D eigenvalue weighted by Gasteiger charge is 2.07. The van der Waals surface area contributed by atoms with Crippen molar-refractivity contribution in [1.82, 2.24) is 9.97 Å². The minimum absolute atomic E-state index is 0.224. The van der Waals surface area contributed by atoms with Gasteiger partial charge in [-0.05, 0) is 24.5 Å². The lowest BCUT2D eigenvalue weighted by Crippen LogP contribution is -2.09. The first-order chi connectivity index (χ1) is 9.74. The van der Waals surface area contributed by atoms with E-state index in [4.69, 9.17) is 0 Å². The Balaban J connectivity index is 2.12. The molecule has 0 aliphatic rings. The highest BCUT2D eigenvalue weighted by molar-refractivity contribution is 5.42. The molecule has 2 rings (SSSR count). The first-order valence-corrected chi connectivity index (χ1v) is 6.81. The summed E-state index contributed by atoms with van der Waals surface area (Å²) < 4.78 is 13.7. The first kappa shape index (κ1) is 14.2. The van der Waals surface area contributed by atoms with E-state index in [1.165, 1.54) is 11.8 Å². The lowest BCUT2D eigenvalue weighted by Gasteiger charge is -2.11. The summed E-state index contributed by atoms with van der Waals surface area (Å²) in [5.41, 5.74) is 2.40. The van der Waals surface area contributed by atoms with Crippen molar-refractivity contribution in [2.24, 2.45) is 0 Å². The first-order valence-electron chi connectivity index (χ1n) is 6.81. The zero-order valence-electron chi connectivity index (χ0n) is 11.8. The van der Waals surface area contributed by atoms with Crippen LogP contribution in [-0.2, 0) is 13.0 Å². The van der Waals surface area contributed by atoms with Crippen LogP contribution in [0.25, 0.3) is 0 Å². The van der Waals surface area contributed by atoms with Gasteiger partial charge in [0.15, 0.2) is 11.6 Å². The fourth-order valence-electron chi connectivity index (χ4n) is 1.99. The van der Waals surface area contributed by atoms with Gasteiger partial charge in [0.2, 0.25) is 5.95 Å². The molecular formula is C15H19FN4. The number of anilines is 2. The molecule has 106 valence electrons. The molecule has 0 radical (unpaired) electrons. The molecule has 0 saturated heterocycles. The average molecular weight is 274 g/mol. The minimum Gasteiger partial charge on any atom is -0.363 e. The van der Waals surface area contributed by atoms with Gasteiger partial charge >= 0.3 is 0 Å². The Morgan fingerprint density at radius 2 is 1.85 bits per heavy atom. The van der Waals surface area contributed by atoms with Gasteiger partial charge in [-0.3, -0.25) is 0 Å². The van der Waals surface area contributed by atoms with E-state index in [1.807, 2.05) is 25.1 Å². The number of benzene rings is 1. The highest BCUT2D eigenvalue weighted by Crippen LogP contribution is 2.15. The second kappa shape index (κ2) is 6.84. The zero-order valence-corrected chi connectivity index (χ0v) is 11.8. The molecule has 0 unspecified atom stereocenters. The van der Waals surface area contributed by atoms with Crippen molar-refractivity contribution in [2.75, 3.05) is 17.2 Å². The summed E-state index contributed by atoms with van der Waals surface area (Å²) in [4.78, 5) is 8.00. The van der Waals surface area contributed by atoms with Gasteiger partial charge in [-0.25, -0.2) is 9.37 Å². The van der Waals surface area contributed by atoms with Crippen molar-refractivity contribution in [3.8, 4) is 0 Å². The van der Waals surface area contributed by atoms with E-state index >= 15 is 0 Å². The number of aromatic nitrogens is 2. The fraction of sp³-hybridized carbons (Fsp3) is 0.333. The van der Waals surface area contributed by atoms with Gasteiger partial charge in [-0.2, -0.15) is 4.98 Å². The maximum Gasteiger partial charge on any atom is 0.224 e. The lowest BCUT2D eigenvalue weighted by atomic mass is 10.1. The summed E-state index contributed by atoms with van der Waals surface area (Å²) in [5.74, 6) is 0.211. The number of halogens is 1. The molecule has 1 heterocycles. The van der Waals surface area contributed by atoms with Crippen molar-refractivity contribution in [1.29, 1.82) is 0 Å². The molecule has 2 aromatic rings. The maximum absolute atomic E-state index is 13.7. The predicted molar refractivity (Wildman–Crippen MR) is 79.3 cm³/mol. The van der Waals surface area contributed by atoms with Gasteiger partial charge < -0.3 is 10.6 Å². The fourth-order valence-corrected chi connectivity index (χ4v) is 1.99. The Morgan fingerprint density at radius 3 is 2.55 bits per heavy atom. The molecular weight excluding hydrogens is 255 g/mol. The molecule has 0 amide bonds. The largest absolute Gasteiger partial charge is 0.363 e. The van der Waals surface area contributed by atoms with Crippen LogP contribution in [0.2, 0.25) is 0 Å². The number of nitrogens with one attached hydrogen (secondary N) is 2. The van der Waals surface area contributed by atoms with E-state index in [-0.39, 0.29) is 5.82 Å². The SMILES string of the molecule is CCNc1ncc(F)c(NCc2ccccc2CC)n1. The molecule has 0 bridgehead atoms. The Hall–Kier alpha value is -2.17. The molecule has 0 aliphatic carbocycles. The second-order valence-corrected chi connectivity index (χ2v) is 4.40. The molecule has 0 aliphatic heterocycles. The molecule has 20 heavy (non-hydrogen) atoms. The van der Waals surface area contributed by atoms with Crippen LogP contribution in [0.5, 0.6) is 0 Å². The smallest absolute Gasteiger partial charge is 0.224 e. The van der Waals surface area contributed by atoms with Crippen LogP contribution in [0, 0.1) is 5.82 Å². The van der Waals surface area contributed by atoms with Crippen LogP contribution in [0.4, 0.5) is 16.2 Å². The van der Waals surface area contributed by atoms with E-state index < -0.39 is 5.82 Å². The van der Waals surface area contributed by atoms with Crippen molar-refractivity contribution in [3.63, 3.8) is 0 Å². The van der Waals surface area contributed by atoms with E-state index in [0.717, 1.165) is 12.0 Å². The third-order valence-corrected chi connectivity index (χ3v) is 3.02. The van der Waals surface area contributed by atoms with E-state index in [0.29, 0.717) is 19.0 Å². The molecule has 0 atom stereocenters. The molecule has 0 saturated carbocycles. The van der Waals surface area contributed by atoms with Crippen LogP contribution in [0.15, 0.2) is 30.5 Å². The number of hydrogen-bond acceptors (Lipinski definition) is 4. The van der Waals surface area contributed by atoms with Gasteiger partial charge in [-0.15, -0.1) is 0 Å². The molecule has 4 nitrogen and oxygen atoms in total. The normalized spacial score (nSPS) is 10.3. The average Bonchev–Trinajstić information content (AvgIpc) is 2.48. The molecule has 1 aromatic carbocycles. The zero-order chi connectivity index (χ0) is 14.4. The summed E-state index contributed by atoms with van der Waals surface area (Å²) in [5, 5.41) is 6.00. The number of nitrogens with zero attached hydrogens (tertiary/aromatic N) is 2. The maximum atomic E-state index is 13.7. The van der Waals surface area contributed by atoms with Gasteiger partial charge in [0.1, 0.15) is 0 Å². The van der Waals surface area contributed by atoms with Crippen LogP contribution >= 0.6 is 0 Å². The van der Waals surface area contributed by atoms with E-state index in [1.54, 1.807) is 0 Å². The van der Waals surface area contributed by atoms with Gasteiger partial charge in [-0.1, -0.05) is 31.2 Å². The molecule has 1 aromatic heterocycles. The van der Waals surface area contributed by atoms with Crippen LogP contribution in [0.3, 0.4) is 0 Å². The third kappa shape index (κ3) is 3.44. The van der Waals surface area contributed by atoms with E-state index in [9.17, 15) is 4.39 Å². The molecule has 0 fully saturated rings. The number of hydrogen-bond donors (Lipinski definition) is 2. The summed E-state index contributed by atoms with van der Waals surface area (Å²) in [7, 11) is 0. The number of aryl methyl sites for hydroxylation is 1. The Bertz CT molecular complexity index is 572. The van der Waals surface area contributed by atoms with Crippen molar-refractivity contribution < 1.29 is 4.39 Å². The minimum atomic E-state index is -0.444. The van der Waals surface area contributed by atoms with Crippen molar-refractivity contribution >= 4 is 11.8 Å². The molecule has 5 heteroatoms. The third-order valence-electron chi connectivity index (χ3n) is 3.02. The van der Waals surface area contributed by atoms with Crippen LogP contribution < -0.4 is 10.6 Å². The van der Waals surface area contributed by atoms with Crippen LogP contribution in [0.1, 0.15) is 25.0 Å². The highest BCUT2D eigenvalue weighted by atomic mass is 19.1.